The summed E-state index contributed by atoms with van der Waals surface area (Å²) in [6.07, 6.45) is 2.41. The van der Waals surface area contributed by atoms with E-state index < -0.39 is 0 Å². The van der Waals surface area contributed by atoms with Crippen LogP contribution < -0.4 is 5.73 Å². The number of ether oxygens (including phenoxy) is 2. The first-order chi connectivity index (χ1) is 6.27. The van der Waals surface area contributed by atoms with Crippen LogP contribution in [0.4, 0.5) is 0 Å². The van der Waals surface area contributed by atoms with Crippen molar-refractivity contribution in [3.8, 4) is 0 Å². The van der Waals surface area contributed by atoms with Crippen molar-refractivity contribution in [3.63, 3.8) is 0 Å². The molecular formula is C9H18N2O2. The van der Waals surface area contributed by atoms with Gasteiger partial charge in [-0.25, -0.2) is 0 Å². The third-order valence-corrected chi connectivity index (χ3v) is 2.16. The zero-order valence-electron chi connectivity index (χ0n) is 8.32. The molecule has 0 saturated heterocycles. The second kappa shape index (κ2) is 5.19. The summed E-state index contributed by atoms with van der Waals surface area (Å²) in [5, 5.41) is 0. The first kappa shape index (κ1) is 10.5. The highest BCUT2D eigenvalue weighted by Gasteiger charge is 2.25. The number of nitrogens with zero attached hydrogens (tertiary/aromatic N) is 1. The highest BCUT2D eigenvalue weighted by Crippen LogP contribution is 2.28. The summed E-state index contributed by atoms with van der Waals surface area (Å²) in [6, 6.07) is 0. The van der Waals surface area contributed by atoms with E-state index in [1.807, 2.05) is 0 Å². The first-order valence-electron chi connectivity index (χ1n) is 4.59. The predicted molar refractivity (Wildman–Crippen MR) is 51.9 cm³/mol. The van der Waals surface area contributed by atoms with Crippen molar-refractivity contribution in [2.24, 2.45) is 16.6 Å². The largest absolute Gasteiger partial charge is 0.387 e. The van der Waals surface area contributed by atoms with Crippen molar-refractivity contribution in [2.45, 2.75) is 18.9 Å². The zero-order valence-corrected chi connectivity index (χ0v) is 8.32. The Morgan fingerprint density at radius 1 is 1.54 bits per heavy atom. The lowest BCUT2D eigenvalue weighted by Gasteiger charge is -2.11. The Bertz CT molecular complexity index is 178. The molecule has 1 aliphatic rings. The predicted octanol–water partition coefficient (Wildman–Crippen LogP) is 0.415. The van der Waals surface area contributed by atoms with Crippen LogP contribution in [0, 0.1) is 5.92 Å². The minimum atomic E-state index is 0.0299. The highest BCUT2D eigenvalue weighted by molar-refractivity contribution is 5.84. The lowest BCUT2D eigenvalue weighted by atomic mass is 10.3. The summed E-state index contributed by atoms with van der Waals surface area (Å²) < 4.78 is 10.1. The molecular weight excluding hydrogens is 168 g/mol. The van der Waals surface area contributed by atoms with Gasteiger partial charge in [0.05, 0.1) is 25.1 Å². The molecule has 1 atom stereocenters. The molecule has 0 heterocycles. The van der Waals surface area contributed by atoms with Crippen LogP contribution in [-0.4, -0.2) is 39.3 Å². The van der Waals surface area contributed by atoms with Crippen LogP contribution in [-0.2, 0) is 9.47 Å². The summed E-state index contributed by atoms with van der Waals surface area (Å²) in [7, 11) is 3.31. The van der Waals surface area contributed by atoms with E-state index in [2.05, 4.69) is 4.99 Å². The molecule has 0 aliphatic heterocycles. The van der Waals surface area contributed by atoms with Crippen molar-refractivity contribution in [1.82, 2.24) is 0 Å². The molecule has 1 aliphatic carbocycles. The number of rotatable bonds is 6. The van der Waals surface area contributed by atoms with Crippen LogP contribution in [0.5, 0.6) is 0 Å². The normalized spacial score (nSPS) is 20.3. The third-order valence-electron chi connectivity index (χ3n) is 2.16. The number of hydrogen-bond donors (Lipinski definition) is 1. The van der Waals surface area contributed by atoms with E-state index in [-0.39, 0.29) is 6.10 Å². The molecule has 1 unspecified atom stereocenters. The summed E-state index contributed by atoms with van der Waals surface area (Å²) in [6.45, 7) is 1.17. The molecule has 0 aromatic carbocycles. The van der Waals surface area contributed by atoms with Gasteiger partial charge in [0.1, 0.15) is 0 Å². The van der Waals surface area contributed by atoms with Gasteiger partial charge in [-0.1, -0.05) is 0 Å². The van der Waals surface area contributed by atoms with E-state index in [0.29, 0.717) is 19.1 Å². The first-order valence-corrected chi connectivity index (χ1v) is 4.59. The van der Waals surface area contributed by atoms with Crippen LogP contribution in [0.15, 0.2) is 4.99 Å². The molecule has 4 nitrogen and oxygen atoms in total. The maximum absolute atomic E-state index is 5.73. The quantitative estimate of drug-likeness (QED) is 0.483. The molecule has 0 radical (unpaired) electrons. The Hall–Kier alpha value is -0.610. The van der Waals surface area contributed by atoms with E-state index >= 15 is 0 Å². The molecule has 4 heteroatoms. The molecule has 1 fully saturated rings. The van der Waals surface area contributed by atoms with E-state index in [4.69, 9.17) is 15.2 Å². The summed E-state index contributed by atoms with van der Waals surface area (Å²) >= 11 is 0. The zero-order chi connectivity index (χ0) is 9.68. The SMILES string of the molecule is COCC(CN=C(N)C1CC1)OC. The van der Waals surface area contributed by atoms with Crippen molar-refractivity contribution in [2.75, 3.05) is 27.4 Å². The molecule has 1 rings (SSSR count). The van der Waals surface area contributed by atoms with Crippen molar-refractivity contribution >= 4 is 5.84 Å². The van der Waals surface area contributed by atoms with Crippen molar-refractivity contribution in [1.29, 1.82) is 0 Å². The summed E-state index contributed by atoms with van der Waals surface area (Å²) in [5.74, 6) is 1.32. The van der Waals surface area contributed by atoms with Gasteiger partial charge >= 0.3 is 0 Å². The molecule has 0 amide bonds. The van der Waals surface area contributed by atoms with Gasteiger partial charge in [0, 0.05) is 20.1 Å². The van der Waals surface area contributed by atoms with E-state index in [1.165, 1.54) is 12.8 Å². The molecule has 76 valence electrons. The lowest BCUT2D eigenvalue weighted by Crippen LogP contribution is -2.24. The highest BCUT2D eigenvalue weighted by atomic mass is 16.5. The van der Waals surface area contributed by atoms with Crippen LogP contribution in [0.2, 0.25) is 0 Å². The number of methoxy groups -OCH3 is 2. The Labute approximate surface area is 79.1 Å². The van der Waals surface area contributed by atoms with Crippen molar-refractivity contribution in [3.05, 3.63) is 0 Å². The standard InChI is InChI=1S/C9H18N2O2/c1-12-6-8(13-2)5-11-9(10)7-3-4-7/h7-8H,3-6H2,1-2H3,(H2,10,11). The number of aliphatic imine (C=N–C) groups is 1. The van der Waals surface area contributed by atoms with Crippen LogP contribution in [0.25, 0.3) is 0 Å². The maximum Gasteiger partial charge on any atom is 0.0999 e. The molecule has 1 saturated carbocycles. The topological polar surface area (TPSA) is 56.8 Å². The van der Waals surface area contributed by atoms with Crippen LogP contribution >= 0.6 is 0 Å². The molecule has 0 bridgehead atoms. The second-order valence-corrected chi connectivity index (χ2v) is 3.35. The minimum absolute atomic E-state index is 0.0299. The Morgan fingerprint density at radius 3 is 2.69 bits per heavy atom. The van der Waals surface area contributed by atoms with Gasteiger partial charge in [-0.3, -0.25) is 4.99 Å². The molecule has 13 heavy (non-hydrogen) atoms. The van der Waals surface area contributed by atoms with Crippen molar-refractivity contribution < 1.29 is 9.47 Å². The molecule has 0 aromatic heterocycles. The van der Waals surface area contributed by atoms with E-state index in [1.54, 1.807) is 14.2 Å². The van der Waals surface area contributed by atoms with E-state index in [9.17, 15) is 0 Å². The minimum Gasteiger partial charge on any atom is -0.387 e. The Kier molecular flexibility index (Phi) is 4.18. The number of hydrogen-bond acceptors (Lipinski definition) is 3. The van der Waals surface area contributed by atoms with Gasteiger partial charge in [-0.15, -0.1) is 0 Å². The Balaban J connectivity index is 2.24. The van der Waals surface area contributed by atoms with Gasteiger partial charge in [-0.05, 0) is 12.8 Å². The average Bonchev–Trinajstić information content (AvgIpc) is 2.94. The third kappa shape index (κ3) is 3.74. The van der Waals surface area contributed by atoms with E-state index in [0.717, 1.165) is 5.84 Å². The molecule has 2 N–H and O–H groups in total. The van der Waals surface area contributed by atoms with Gasteiger partial charge in [0.2, 0.25) is 0 Å². The van der Waals surface area contributed by atoms with Gasteiger partial charge in [0.25, 0.3) is 0 Å². The fourth-order valence-electron chi connectivity index (χ4n) is 1.10. The second-order valence-electron chi connectivity index (χ2n) is 3.35. The number of amidine groups is 1. The Morgan fingerprint density at radius 2 is 2.23 bits per heavy atom. The summed E-state index contributed by atoms with van der Waals surface area (Å²) in [5.41, 5.74) is 5.73. The van der Waals surface area contributed by atoms with Gasteiger partial charge in [0.15, 0.2) is 0 Å². The van der Waals surface area contributed by atoms with Crippen LogP contribution in [0.1, 0.15) is 12.8 Å². The van der Waals surface area contributed by atoms with Gasteiger partial charge in [-0.2, -0.15) is 0 Å². The van der Waals surface area contributed by atoms with Gasteiger partial charge < -0.3 is 15.2 Å². The molecule has 0 aromatic rings. The maximum atomic E-state index is 5.73. The fraction of sp³-hybridized carbons (Fsp3) is 0.889. The summed E-state index contributed by atoms with van der Waals surface area (Å²) in [4.78, 5) is 4.27. The smallest absolute Gasteiger partial charge is 0.0999 e. The molecule has 0 spiro atoms. The average molecular weight is 186 g/mol. The number of nitrogens with two attached hydrogens (primary N) is 1. The lowest BCUT2D eigenvalue weighted by molar-refractivity contribution is 0.0343. The fourth-order valence-corrected chi connectivity index (χ4v) is 1.10. The monoisotopic (exact) mass is 186 g/mol. The van der Waals surface area contributed by atoms with Crippen LogP contribution in [0.3, 0.4) is 0 Å².